The van der Waals surface area contributed by atoms with Crippen LogP contribution >= 0.6 is 24.8 Å². The minimum atomic E-state index is -0.0203. The van der Waals surface area contributed by atoms with Gasteiger partial charge in [0.1, 0.15) is 5.82 Å². The van der Waals surface area contributed by atoms with Crippen LogP contribution in [0.25, 0.3) is 0 Å². The fourth-order valence-corrected chi connectivity index (χ4v) is 3.40. The smallest absolute Gasteiger partial charge is 0.237 e. The van der Waals surface area contributed by atoms with E-state index in [2.05, 4.69) is 32.7 Å². The maximum Gasteiger partial charge on any atom is 0.237 e. The van der Waals surface area contributed by atoms with Crippen LogP contribution < -0.4 is 15.5 Å². The van der Waals surface area contributed by atoms with Crippen LogP contribution in [0.4, 0.5) is 5.82 Å². The van der Waals surface area contributed by atoms with Crippen LogP contribution in [0.1, 0.15) is 50.5 Å². The Balaban J connectivity index is 0.00000156. The van der Waals surface area contributed by atoms with Gasteiger partial charge >= 0.3 is 0 Å². The highest BCUT2D eigenvalue weighted by Crippen LogP contribution is 2.17. The van der Waals surface area contributed by atoms with Gasteiger partial charge in [-0.3, -0.25) is 4.79 Å². The number of nitrogens with zero attached hydrogens (tertiary/aromatic N) is 2. The summed E-state index contributed by atoms with van der Waals surface area (Å²) in [6.45, 7) is 3.72. The molecule has 2 N–H and O–H groups in total. The number of anilines is 1. The van der Waals surface area contributed by atoms with E-state index >= 15 is 0 Å². The third kappa shape index (κ3) is 6.65. The predicted octanol–water partition coefficient (Wildman–Crippen LogP) is 3.06. The van der Waals surface area contributed by atoms with Crippen molar-refractivity contribution in [2.24, 2.45) is 0 Å². The van der Waals surface area contributed by atoms with E-state index in [-0.39, 0.29) is 36.8 Å². The average molecular weight is 389 g/mol. The molecule has 3 rings (SSSR count). The number of piperidine rings is 1. The number of aromatic nitrogens is 1. The first-order chi connectivity index (χ1) is 11.3. The summed E-state index contributed by atoms with van der Waals surface area (Å²) in [7, 11) is 0. The van der Waals surface area contributed by atoms with Gasteiger partial charge in [0.2, 0.25) is 5.91 Å². The van der Waals surface area contributed by atoms with Crippen molar-refractivity contribution in [1.82, 2.24) is 15.6 Å². The summed E-state index contributed by atoms with van der Waals surface area (Å²) in [5.74, 6) is 1.18. The van der Waals surface area contributed by atoms with Crippen molar-refractivity contribution in [3.63, 3.8) is 0 Å². The molecule has 1 aromatic rings. The number of amides is 1. The number of halogens is 2. The Morgan fingerprint density at radius 2 is 1.88 bits per heavy atom. The molecule has 0 saturated carbocycles. The lowest BCUT2D eigenvalue weighted by Crippen LogP contribution is -2.46. The van der Waals surface area contributed by atoms with Crippen molar-refractivity contribution in [2.75, 3.05) is 24.5 Å². The Hall–Kier alpha value is -1.04. The molecule has 5 nitrogen and oxygen atoms in total. The van der Waals surface area contributed by atoms with Crippen molar-refractivity contribution >= 4 is 36.5 Å². The number of hydrogen-bond acceptors (Lipinski definition) is 4. The van der Waals surface area contributed by atoms with Crippen LogP contribution in [-0.4, -0.2) is 36.6 Å². The molecule has 2 fully saturated rings. The predicted molar refractivity (Wildman–Crippen MR) is 107 cm³/mol. The summed E-state index contributed by atoms with van der Waals surface area (Å²) in [5.41, 5.74) is 1.06. The number of pyridine rings is 1. The van der Waals surface area contributed by atoms with Crippen LogP contribution in [-0.2, 0) is 11.3 Å². The van der Waals surface area contributed by atoms with Crippen LogP contribution in [0.15, 0.2) is 18.3 Å². The molecule has 0 aliphatic carbocycles. The molecule has 0 radical (unpaired) electrons. The molecule has 1 aromatic heterocycles. The zero-order valence-corrected chi connectivity index (χ0v) is 16.3. The van der Waals surface area contributed by atoms with Gasteiger partial charge in [0.05, 0.1) is 6.04 Å². The molecule has 0 bridgehead atoms. The van der Waals surface area contributed by atoms with E-state index in [9.17, 15) is 4.79 Å². The van der Waals surface area contributed by atoms with Gasteiger partial charge in [-0.15, -0.1) is 24.8 Å². The van der Waals surface area contributed by atoms with Crippen molar-refractivity contribution in [1.29, 1.82) is 0 Å². The maximum absolute atomic E-state index is 12.1. The Bertz CT molecular complexity index is 498. The van der Waals surface area contributed by atoms with Gasteiger partial charge in [0.15, 0.2) is 0 Å². The number of hydrogen-bond donors (Lipinski definition) is 2. The summed E-state index contributed by atoms with van der Waals surface area (Å²) < 4.78 is 0. The molecular weight excluding hydrogens is 359 g/mol. The Morgan fingerprint density at radius 1 is 1.12 bits per heavy atom. The summed E-state index contributed by atoms with van der Waals surface area (Å²) in [4.78, 5) is 19.1. The Kier molecular flexibility index (Phi) is 10.2. The van der Waals surface area contributed by atoms with Gasteiger partial charge in [-0.1, -0.05) is 25.3 Å². The third-order valence-corrected chi connectivity index (χ3v) is 4.83. The van der Waals surface area contributed by atoms with E-state index in [1.807, 2.05) is 6.20 Å². The molecule has 1 atom stereocenters. The van der Waals surface area contributed by atoms with Gasteiger partial charge in [-0.25, -0.2) is 4.98 Å². The largest absolute Gasteiger partial charge is 0.357 e. The van der Waals surface area contributed by atoms with Crippen molar-refractivity contribution in [3.05, 3.63) is 23.9 Å². The molecule has 2 aliphatic heterocycles. The third-order valence-electron chi connectivity index (χ3n) is 4.83. The van der Waals surface area contributed by atoms with Gasteiger partial charge < -0.3 is 15.5 Å². The van der Waals surface area contributed by atoms with E-state index in [0.29, 0.717) is 6.54 Å². The molecule has 1 amide bonds. The Morgan fingerprint density at radius 3 is 2.48 bits per heavy atom. The SMILES string of the molecule is Cl.Cl.O=C(NCc1ccc(N2CCCCCC2)nc1)C1CCCCN1. The fourth-order valence-electron chi connectivity index (χ4n) is 3.40. The highest BCUT2D eigenvalue weighted by atomic mass is 35.5. The second kappa shape index (κ2) is 11.6. The molecule has 0 aromatic carbocycles. The summed E-state index contributed by atoms with van der Waals surface area (Å²) in [5, 5.41) is 6.30. The number of carbonyl (C=O) groups excluding carboxylic acids is 1. The molecular formula is C18H30Cl2N4O. The van der Waals surface area contributed by atoms with Crippen LogP contribution in [0, 0.1) is 0 Å². The fraction of sp³-hybridized carbons (Fsp3) is 0.667. The molecule has 3 heterocycles. The molecule has 142 valence electrons. The van der Waals surface area contributed by atoms with Gasteiger partial charge in [-0.2, -0.15) is 0 Å². The number of nitrogens with one attached hydrogen (secondary N) is 2. The quantitative estimate of drug-likeness (QED) is 0.831. The van der Waals surface area contributed by atoms with Crippen LogP contribution in [0.3, 0.4) is 0 Å². The van der Waals surface area contributed by atoms with Crippen LogP contribution in [0.5, 0.6) is 0 Å². The average Bonchev–Trinajstić information content (AvgIpc) is 2.90. The van der Waals surface area contributed by atoms with E-state index in [1.165, 1.54) is 32.1 Å². The van der Waals surface area contributed by atoms with E-state index in [4.69, 9.17) is 0 Å². The second-order valence-electron chi connectivity index (χ2n) is 6.65. The number of rotatable bonds is 4. The molecule has 25 heavy (non-hydrogen) atoms. The first-order valence-corrected chi connectivity index (χ1v) is 9.04. The molecule has 7 heteroatoms. The lowest BCUT2D eigenvalue weighted by Gasteiger charge is -2.23. The van der Waals surface area contributed by atoms with Gasteiger partial charge in [0.25, 0.3) is 0 Å². The minimum Gasteiger partial charge on any atom is -0.357 e. The first kappa shape index (κ1) is 22.0. The minimum absolute atomic E-state index is 0. The highest BCUT2D eigenvalue weighted by molar-refractivity contribution is 5.85. The zero-order valence-electron chi connectivity index (χ0n) is 14.7. The summed E-state index contributed by atoms with van der Waals surface area (Å²) in [6, 6.07) is 4.15. The van der Waals surface area contributed by atoms with Crippen molar-refractivity contribution in [3.8, 4) is 0 Å². The normalized spacial score (nSPS) is 20.6. The second-order valence-corrected chi connectivity index (χ2v) is 6.65. The monoisotopic (exact) mass is 388 g/mol. The van der Waals surface area contributed by atoms with Crippen molar-refractivity contribution in [2.45, 2.75) is 57.5 Å². The first-order valence-electron chi connectivity index (χ1n) is 9.04. The zero-order chi connectivity index (χ0) is 15.9. The topological polar surface area (TPSA) is 57.3 Å². The van der Waals surface area contributed by atoms with Crippen molar-refractivity contribution < 1.29 is 4.79 Å². The highest BCUT2D eigenvalue weighted by Gasteiger charge is 2.20. The van der Waals surface area contributed by atoms with Crippen LogP contribution in [0.2, 0.25) is 0 Å². The number of carbonyl (C=O) groups is 1. The van der Waals surface area contributed by atoms with E-state index < -0.39 is 0 Å². The lowest BCUT2D eigenvalue weighted by molar-refractivity contribution is -0.123. The van der Waals surface area contributed by atoms with E-state index in [1.54, 1.807) is 0 Å². The molecule has 2 aliphatic rings. The lowest BCUT2D eigenvalue weighted by atomic mass is 10.0. The molecule has 1 unspecified atom stereocenters. The summed E-state index contributed by atoms with van der Waals surface area (Å²) in [6.07, 6.45) is 10.3. The Labute approximate surface area is 163 Å². The summed E-state index contributed by atoms with van der Waals surface area (Å²) >= 11 is 0. The van der Waals surface area contributed by atoms with Gasteiger partial charge in [-0.05, 0) is 43.9 Å². The standard InChI is InChI=1S/C18H28N4O.2ClH/c23-18(16-7-3-4-10-19-16)21-14-15-8-9-17(20-13-15)22-11-5-1-2-6-12-22;;/h8-9,13,16,19H,1-7,10-12,14H2,(H,21,23);2*1H. The van der Waals surface area contributed by atoms with Gasteiger partial charge in [0, 0.05) is 25.8 Å². The molecule has 2 saturated heterocycles. The molecule has 0 spiro atoms. The van der Waals surface area contributed by atoms with E-state index in [0.717, 1.165) is 43.9 Å². The maximum atomic E-state index is 12.1.